The smallest absolute Gasteiger partial charge is 0.406 e. The van der Waals surface area contributed by atoms with Crippen molar-refractivity contribution in [3.8, 4) is 34.0 Å². The number of aromatic nitrogens is 3. The summed E-state index contributed by atoms with van der Waals surface area (Å²) in [4.78, 5) is 6.69. The van der Waals surface area contributed by atoms with E-state index in [9.17, 15) is 13.2 Å². The minimum atomic E-state index is -4.74. The number of amidine groups is 1. The summed E-state index contributed by atoms with van der Waals surface area (Å²) in [6.07, 6.45) is -2.13. The summed E-state index contributed by atoms with van der Waals surface area (Å²) < 4.78 is 42.8. The quantitative estimate of drug-likeness (QED) is 0.166. The normalized spacial score (nSPS) is 14.5. The lowest BCUT2D eigenvalue weighted by atomic mass is 10.0. The van der Waals surface area contributed by atoms with Crippen molar-refractivity contribution in [3.63, 3.8) is 0 Å². The number of hydrogen-bond donors (Lipinski definition) is 0. The molecule has 0 atom stereocenters. The van der Waals surface area contributed by atoms with Crippen LogP contribution in [0.15, 0.2) is 115 Å². The minimum Gasteiger partial charge on any atom is -0.406 e. The molecule has 1 aliphatic heterocycles. The molecule has 224 valence electrons. The molecule has 1 aliphatic rings. The van der Waals surface area contributed by atoms with Crippen molar-refractivity contribution in [3.05, 3.63) is 115 Å². The fraction of sp³-hybridized carbons (Fsp3) is 0.182. The fourth-order valence-corrected chi connectivity index (χ4v) is 5.96. The summed E-state index contributed by atoms with van der Waals surface area (Å²) in [5, 5.41) is 12.4. The topological polar surface area (TPSA) is 58.8 Å². The Bertz CT molecular complexity index is 1720. The van der Waals surface area contributed by atoms with Gasteiger partial charge in [-0.1, -0.05) is 84.6 Å². The molecule has 5 aromatic rings. The SMILES string of the molecule is CN(Cc1ccc(-c2ncn(-c3ccc(OC(F)(F)F)cc3)n2)cc1)/N=C1\SCCCN1c1ccccc1-c1ccccc1. The molecule has 0 spiro atoms. The average molecular weight is 615 g/mol. The monoisotopic (exact) mass is 614 g/mol. The second kappa shape index (κ2) is 12.8. The molecule has 0 N–H and O–H groups in total. The van der Waals surface area contributed by atoms with Crippen LogP contribution in [0.1, 0.15) is 12.0 Å². The zero-order valence-electron chi connectivity index (χ0n) is 23.9. The molecule has 0 bridgehead atoms. The van der Waals surface area contributed by atoms with Crippen molar-refractivity contribution in [2.45, 2.75) is 19.3 Å². The van der Waals surface area contributed by atoms with Gasteiger partial charge in [-0.2, -0.15) is 5.10 Å². The lowest BCUT2D eigenvalue weighted by Crippen LogP contribution is -2.36. The van der Waals surface area contributed by atoms with Gasteiger partial charge in [0.2, 0.25) is 0 Å². The molecule has 0 unspecified atom stereocenters. The first-order valence-electron chi connectivity index (χ1n) is 14.0. The number of hydrogen-bond acceptors (Lipinski definition) is 6. The highest BCUT2D eigenvalue weighted by Crippen LogP contribution is 2.34. The van der Waals surface area contributed by atoms with Gasteiger partial charge < -0.3 is 9.64 Å². The van der Waals surface area contributed by atoms with Crippen molar-refractivity contribution in [2.75, 3.05) is 24.2 Å². The second-order valence-electron chi connectivity index (χ2n) is 10.2. The predicted molar refractivity (Wildman–Crippen MR) is 169 cm³/mol. The Balaban J connectivity index is 1.13. The Morgan fingerprint density at radius 3 is 2.36 bits per heavy atom. The molecule has 6 rings (SSSR count). The number of rotatable bonds is 8. The molecular formula is C33H29F3N6OS. The van der Waals surface area contributed by atoms with Gasteiger partial charge in [0.15, 0.2) is 11.0 Å². The zero-order chi connectivity index (χ0) is 30.5. The van der Waals surface area contributed by atoms with Gasteiger partial charge in [-0.3, -0.25) is 5.01 Å². The third-order valence-corrected chi connectivity index (χ3v) is 8.03. The molecule has 0 saturated carbocycles. The van der Waals surface area contributed by atoms with E-state index in [0.717, 1.165) is 40.7 Å². The van der Waals surface area contributed by atoms with Gasteiger partial charge >= 0.3 is 6.36 Å². The number of benzene rings is 4. The van der Waals surface area contributed by atoms with E-state index in [0.29, 0.717) is 18.1 Å². The van der Waals surface area contributed by atoms with Crippen LogP contribution in [0.25, 0.3) is 28.2 Å². The highest BCUT2D eigenvalue weighted by molar-refractivity contribution is 8.14. The zero-order valence-corrected chi connectivity index (χ0v) is 24.7. The van der Waals surface area contributed by atoms with Gasteiger partial charge in [-0.25, -0.2) is 9.67 Å². The van der Waals surface area contributed by atoms with E-state index in [4.69, 9.17) is 5.10 Å². The van der Waals surface area contributed by atoms with Crippen LogP contribution in [0.4, 0.5) is 18.9 Å². The third-order valence-electron chi connectivity index (χ3n) is 6.97. The van der Waals surface area contributed by atoms with Gasteiger partial charge in [0.25, 0.3) is 0 Å². The Hall–Kier alpha value is -4.77. The van der Waals surface area contributed by atoms with E-state index < -0.39 is 6.36 Å². The van der Waals surface area contributed by atoms with Crippen molar-refractivity contribution < 1.29 is 17.9 Å². The average Bonchev–Trinajstić information content (AvgIpc) is 3.52. The van der Waals surface area contributed by atoms with E-state index >= 15 is 0 Å². The molecule has 0 radical (unpaired) electrons. The first-order chi connectivity index (χ1) is 21.3. The number of hydrazone groups is 1. The summed E-state index contributed by atoms with van der Waals surface area (Å²) in [6, 6.07) is 32.3. The lowest BCUT2D eigenvalue weighted by molar-refractivity contribution is -0.274. The molecule has 2 heterocycles. The molecule has 0 aliphatic carbocycles. The van der Waals surface area contributed by atoms with Crippen LogP contribution in [0.2, 0.25) is 0 Å². The van der Waals surface area contributed by atoms with Crippen molar-refractivity contribution in [1.82, 2.24) is 19.8 Å². The number of anilines is 1. The molecule has 1 aromatic heterocycles. The van der Waals surface area contributed by atoms with Gasteiger partial charge in [-0.15, -0.1) is 18.3 Å². The van der Waals surface area contributed by atoms with Gasteiger partial charge in [0.05, 0.1) is 17.9 Å². The predicted octanol–water partition coefficient (Wildman–Crippen LogP) is 7.85. The van der Waals surface area contributed by atoms with E-state index in [1.54, 1.807) is 11.8 Å². The Kier molecular flexibility index (Phi) is 8.56. The summed E-state index contributed by atoms with van der Waals surface area (Å²) in [5.74, 6) is 1.24. The molecule has 11 heteroatoms. The van der Waals surface area contributed by atoms with Crippen molar-refractivity contribution >= 4 is 22.6 Å². The maximum Gasteiger partial charge on any atom is 0.573 e. The first kappa shape index (κ1) is 29.3. The molecule has 4 aromatic carbocycles. The van der Waals surface area contributed by atoms with Crippen molar-refractivity contribution in [1.29, 1.82) is 0 Å². The number of thioether (sulfide) groups is 1. The highest BCUT2D eigenvalue weighted by atomic mass is 32.2. The maximum atomic E-state index is 12.4. The summed E-state index contributed by atoms with van der Waals surface area (Å²) >= 11 is 1.77. The molecular weight excluding hydrogens is 585 g/mol. The van der Waals surface area contributed by atoms with Crippen LogP contribution in [0, 0.1) is 0 Å². The lowest BCUT2D eigenvalue weighted by Gasteiger charge is -2.32. The number of nitrogens with zero attached hydrogens (tertiary/aromatic N) is 6. The van der Waals surface area contributed by atoms with Crippen LogP contribution in [-0.2, 0) is 6.54 Å². The maximum absolute atomic E-state index is 12.4. The molecule has 7 nitrogen and oxygen atoms in total. The molecule has 44 heavy (non-hydrogen) atoms. The first-order valence-corrected chi connectivity index (χ1v) is 15.0. The van der Waals surface area contributed by atoms with Crippen LogP contribution >= 0.6 is 11.8 Å². The van der Waals surface area contributed by atoms with E-state index in [2.05, 4.69) is 68.3 Å². The van der Waals surface area contributed by atoms with Crippen LogP contribution in [0.5, 0.6) is 5.75 Å². The molecule has 1 saturated heterocycles. The summed E-state index contributed by atoms with van der Waals surface area (Å²) in [5.41, 5.74) is 5.99. The van der Waals surface area contributed by atoms with Gasteiger partial charge in [0, 0.05) is 30.5 Å². The van der Waals surface area contributed by atoms with Crippen LogP contribution in [-0.4, -0.2) is 50.6 Å². The van der Waals surface area contributed by atoms with Gasteiger partial charge in [0.1, 0.15) is 12.1 Å². The molecule has 0 amide bonds. The van der Waals surface area contributed by atoms with E-state index in [1.807, 2.05) is 42.4 Å². The van der Waals surface area contributed by atoms with Crippen LogP contribution in [0.3, 0.4) is 0 Å². The Morgan fingerprint density at radius 2 is 1.61 bits per heavy atom. The number of halogens is 3. The number of para-hydroxylation sites is 1. The number of ether oxygens (including phenoxy) is 1. The Morgan fingerprint density at radius 1 is 0.886 bits per heavy atom. The van der Waals surface area contributed by atoms with E-state index in [-0.39, 0.29) is 5.75 Å². The third kappa shape index (κ3) is 7.05. The van der Waals surface area contributed by atoms with Crippen molar-refractivity contribution in [2.24, 2.45) is 5.10 Å². The van der Waals surface area contributed by atoms with Gasteiger partial charge in [-0.05, 0) is 47.9 Å². The summed E-state index contributed by atoms with van der Waals surface area (Å²) in [6.45, 7) is 1.52. The largest absolute Gasteiger partial charge is 0.573 e. The number of alkyl halides is 3. The Labute approximate surface area is 257 Å². The standard InChI is InChI=1S/C33H29F3N6OS/c1-40(39-32-41(20-7-21-44-32)30-11-6-5-10-29(30)25-8-3-2-4-9-25)22-24-12-14-26(15-13-24)31-37-23-42(38-31)27-16-18-28(19-17-27)43-33(34,35)36/h2-6,8-19,23H,7,20-22H2,1H3/b39-32-. The summed E-state index contributed by atoms with van der Waals surface area (Å²) in [7, 11) is 1.98. The second-order valence-corrected chi connectivity index (χ2v) is 11.2. The molecule has 1 fully saturated rings. The minimum absolute atomic E-state index is 0.293. The fourth-order valence-electron chi connectivity index (χ4n) is 4.96. The van der Waals surface area contributed by atoms with Crippen LogP contribution < -0.4 is 9.64 Å². The van der Waals surface area contributed by atoms with E-state index in [1.165, 1.54) is 46.4 Å². The highest BCUT2D eigenvalue weighted by Gasteiger charge is 2.31.